The van der Waals surface area contributed by atoms with Crippen LogP contribution in [-0.2, 0) is 14.4 Å². The number of hydrogen-bond acceptors (Lipinski definition) is 3. The first-order chi connectivity index (χ1) is 9.85. The third-order valence-electron chi connectivity index (χ3n) is 3.47. The van der Waals surface area contributed by atoms with Crippen molar-refractivity contribution >= 4 is 17.8 Å². The number of aliphatic carboxylic acids is 1. The molecular formula is C13H19F3N2O4. The number of nitrogens with zero attached hydrogens (tertiary/aromatic N) is 1. The van der Waals surface area contributed by atoms with Gasteiger partial charge >= 0.3 is 18.1 Å². The molecule has 0 aromatic heterocycles. The molecule has 1 rings (SSSR count). The molecule has 0 aromatic rings. The van der Waals surface area contributed by atoms with E-state index < -0.39 is 41.5 Å². The number of amides is 2. The van der Waals surface area contributed by atoms with Crippen LogP contribution in [0.25, 0.3) is 0 Å². The minimum absolute atomic E-state index is 0.143. The zero-order valence-corrected chi connectivity index (χ0v) is 12.5. The zero-order valence-electron chi connectivity index (χ0n) is 12.5. The molecule has 6 nitrogen and oxygen atoms in total. The van der Waals surface area contributed by atoms with Crippen LogP contribution in [-0.4, -0.2) is 52.6 Å². The fourth-order valence-corrected chi connectivity index (χ4v) is 2.31. The molecule has 1 saturated heterocycles. The van der Waals surface area contributed by atoms with E-state index >= 15 is 0 Å². The predicted octanol–water partition coefficient (Wildman–Crippen LogP) is 1.16. The Bertz CT molecular complexity index is 471. The summed E-state index contributed by atoms with van der Waals surface area (Å²) >= 11 is 0. The third-order valence-corrected chi connectivity index (χ3v) is 3.47. The Morgan fingerprint density at radius 2 is 1.77 bits per heavy atom. The van der Waals surface area contributed by atoms with E-state index in [9.17, 15) is 27.6 Å². The van der Waals surface area contributed by atoms with Crippen LogP contribution in [0.2, 0.25) is 0 Å². The van der Waals surface area contributed by atoms with Crippen molar-refractivity contribution in [3.05, 3.63) is 0 Å². The van der Waals surface area contributed by atoms with Crippen LogP contribution >= 0.6 is 0 Å². The van der Waals surface area contributed by atoms with Gasteiger partial charge in [0, 0.05) is 6.54 Å². The summed E-state index contributed by atoms with van der Waals surface area (Å²) in [6, 6.07) is -2.53. The SMILES string of the molecule is CC(C)(C)C(NC(=O)C(F)(F)F)C(=O)N1CCC[C@H]1C(=O)O. The van der Waals surface area contributed by atoms with Crippen LogP contribution in [0.3, 0.4) is 0 Å². The lowest BCUT2D eigenvalue weighted by atomic mass is 9.85. The van der Waals surface area contributed by atoms with Gasteiger partial charge in [0.15, 0.2) is 0 Å². The highest BCUT2D eigenvalue weighted by atomic mass is 19.4. The second-order valence-corrected chi connectivity index (χ2v) is 6.30. The molecule has 1 aliphatic heterocycles. The van der Waals surface area contributed by atoms with Crippen molar-refractivity contribution in [3.63, 3.8) is 0 Å². The van der Waals surface area contributed by atoms with Crippen LogP contribution in [0, 0.1) is 5.41 Å². The quantitative estimate of drug-likeness (QED) is 0.815. The monoisotopic (exact) mass is 324 g/mol. The Morgan fingerprint density at radius 3 is 2.18 bits per heavy atom. The number of carboxylic acids is 1. The molecule has 1 heterocycles. The van der Waals surface area contributed by atoms with Gasteiger partial charge in [-0.15, -0.1) is 0 Å². The third kappa shape index (κ3) is 4.11. The first-order valence-electron chi connectivity index (χ1n) is 6.76. The molecule has 2 N–H and O–H groups in total. The van der Waals surface area contributed by atoms with Gasteiger partial charge in [-0.1, -0.05) is 20.8 Å². The fourth-order valence-electron chi connectivity index (χ4n) is 2.31. The highest BCUT2D eigenvalue weighted by Crippen LogP contribution is 2.27. The summed E-state index contributed by atoms with van der Waals surface area (Å²) in [5, 5.41) is 10.8. The Balaban J connectivity index is 3.00. The van der Waals surface area contributed by atoms with E-state index in [1.807, 2.05) is 0 Å². The summed E-state index contributed by atoms with van der Waals surface area (Å²) in [7, 11) is 0. The number of carbonyl (C=O) groups is 3. The molecule has 0 spiro atoms. The normalized spacial score (nSPS) is 20.6. The number of alkyl halides is 3. The van der Waals surface area contributed by atoms with E-state index in [1.165, 1.54) is 20.8 Å². The molecule has 0 aliphatic carbocycles. The molecule has 0 bridgehead atoms. The van der Waals surface area contributed by atoms with Gasteiger partial charge in [-0.25, -0.2) is 4.79 Å². The smallest absolute Gasteiger partial charge is 0.471 e. The number of hydrogen-bond donors (Lipinski definition) is 2. The summed E-state index contributed by atoms with van der Waals surface area (Å²) in [6.45, 7) is 4.64. The van der Waals surface area contributed by atoms with Gasteiger partial charge in [-0.3, -0.25) is 9.59 Å². The predicted molar refractivity (Wildman–Crippen MR) is 69.8 cm³/mol. The number of halogens is 3. The minimum Gasteiger partial charge on any atom is -0.480 e. The lowest BCUT2D eigenvalue weighted by molar-refractivity contribution is -0.176. The summed E-state index contributed by atoms with van der Waals surface area (Å²) in [5.41, 5.74) is -0.996. The highest BCUT2D eigenvalue weighted by Gasteiger charge is 2.46. The molecule has 1 unspecified atom stereocenters. The van der Waals surface area contributed by atoms with Gasteiger partial charge in [-0.2, -0.15) is 13.2 Å². The molecular weight excluding hydrogens is 305 g/mol. The van der Waals surface area contributed by atoms with Crippen LogP contribution in [0.4, 0.5) is 13.2 Å². The number of rotatable bonds is 3. The maximum Gasteiger partial charge on any atom is 0.471 e. The average molecular weight is 324 g/mol. The van der Waals surface area contributed by atoms with Crippen molar-refractivity contribution in [1.29, 1.82) is 0 Å². The van der Waals surface area contributed by atoms with E-state index in [0.717, 1.165) is 4.90 Å². The first-order valence-corrected chi connectivity index (χ1v) is 6.76. The highest BCUT2D eigenvalue weighted by molar-refractivity contribution is 5.92. The summed E-state index contributed by atoms with van der Waals surface area (Å²) < 4.78 is 37.2. The molecule has 9 heteroatoms. The molecule has 0 saturated carbocycles. The standard InChI is InChI=1S/C13H19F3N2O4/c1-12(2,3)8(17-11(22)13(14,15)16)9(19)18-6-4-5-7(18)10(20)21/h7-8H,4-6H2,1-3H3,(H,17,22)(H,20,21)/t7-,8?/m0/s1. The van der Waals surface area contributed by atoms with E-state index in [-0.39, 0.29) is 13.0 Å². The van der Waals surface area contributed by atoms with Crippen molar-refractivity contribution in [2.24, 2.45) is 5.41 Å². The number of nitrogens with one attached hydrogen (secondary N) is 1. The fraction of sp³-hybridized carbons (Fsp3) is 0.769. The van der Waals surface area contributed by atoms with Crippen molar-refractivity contribution in [3.8, 4) is 0 Å². The van der Waals surface area contributed by atoms with Crippen molar-refractivity contribution in [1.82, 2.24) is 10.2 Å². The molecule has 1 aliphatic rings. The Morgan fingerprint density at radius 1 is 1.23 bits per heavy atom. The van der Waals surface area contributed by atoms with Crippen molar-refractivity contribution < 1.29 is 32.7 Å². The van der Waals surface area contributed by atoms with E-state index in [1.54, 1.807) is 5.32 Å². The van der Waals surface area contributed by atoms with Crippen molar-refractivity contribution in [2.45, 2.75) is 51.9 Å². The maximum atomic E-state index is 12.5. The van der Waals surface area contributed by atoms with Gasteiger partial charge < -0.3 is 15.3 Å². The zero-order chi connectivity index (χ0) is 17.3. The van der Waals surface area contributed by atoms with E-state index in [4.69, 9.17) is 5.11 Å². The van der Waals surface area contributed by atoms with Crippen LogP contribution < -0.4 is 5.32 Å². The molecule has 2 atom stereocenters. The van der Waals surface area contributed by atoms with Crippen LogP contribution in [0.1, 0.15) is 33.6 Å². The molecule has 0 aromatic carbocycles. The van der Waals surface area contributed by atoms with Gasteiger partial charge in [-0.05, 0) is 18.3 Å². The lowest BCUT2D eigenvalue weighted by Gasteiger charge is -2.34. The number of carboxylic acid groups (broad SMARTS) is 1. The van der Waals surface area contributed by atoms with E-state index in [0.29, 0.717) is 6.42 Å². The molecule has 0 radical (unpaired) electrons. The largest absolute Gasteiger partial charge is 0.480 e. The summed E-state index contributed by atoms with van der Waals surface area (Å²) in [4.78, 5) is 35.7. The summed E-state index contributed by atoms with van der Waals surface area (Å²) in [5.74, 6) is -4.23. The lowest BCUT2D eigenvalue weighted by Crippen LogP contribution is -2.58. The van der Waals surface area contributed by atoms with Crippen LogP contribution in [0.15, 0.2) is 0 Å². The van der Waals surface area contributed by atoms with Gasteiger partial charge in [0.1, 0.15) is 12.1 Å². The number of likely N-dealkylation sites (tertiary alicyclic amines) is 1. The van der Waals surface area contributed by atoms with E-state index in [2.05, 4.69) is 0 Å². The molecule has 2 amide bonds. The second-order valence-electron chi connectivity index (χ2n) is 6.30. The number of carbonyl (C=O) groups excluding carboxylic acids is 2. The first kappa shape index (κ1) is 18.2. The molecule has 126 valence electrons. The van der Waals surface area contributed by atoms with Gasteiger partial charge in [0.2, 0.25) is 5.91 Å². The molecule has 1 fully saturated rings. The average Bonchev–Trinajstić information content (AvgIpc) is 2.81. The Kier molecular flexibility index (Phi) is 5.09. The van der Waals surface area contributed by atoms with Gasteiger partial charge in [0.05, 0.1) is 0 Å². The maximum absolute atomic E-state index is 12.5. The Labute approximate surface area is 125 Å². The van der Waals surface area contributed by atoms with Crippen LogP contribution in [0.5, 0.6) is 0 Å². The minimum atomic E-state index is -5.11. The summed E-state index contributed by atoms with van der Waals surface area (Å²) in [6.07, 6.45) is -4.42. The Hall–Kier alpha value is -1.80. The molecule has 22 heavy (non-hydrogen) atoms. The second kappa shape index (κ2) is 6.13. The van der Waals surface area contributed by atoms with Crippen molar-refractivity contribution in [2.75, 3.05) is 6.54 Å². The topological polar surface area (TPSA) is 86.7 Å². The van der Waals surface area contributed by atoms with Gasteiger partial charge in [0.25, 0.3) is 0 Å².